The molecule has 3 aromatic carbocycles. The van der Waals surface area contributed by atoms with Gasteiger partial charge in [-0.1, -0.05) is 91.9 Å². The molecule has 0 bridgehead atoms. The highest BCUT2D eigenvalue weighted by Crippen LogP contribution is 2.52. The van der Waals surface area contributed by atoms with Crippen LogP contribution in [0.5, 0.6) is 0 Å². The average molecular weight is 368 g/mol. The molecule has 2 N–H and O–H groups in total. The molecule has 0 aliphatic carbocycles. The predicted octanol–water partition coefficient (Wildman–Crippen LogP) is 4.65. The molecule has 0 fully saturated rings. The van der Waals surface area contributed by atoms with E-state index < -0.39 is 13.4 Å². The summed E-state index contributed by atoms with van der Waals surface area (Å²) in [5.41, 5.74) is 1.61. The normalized spacial score (nSPS) is 12.1. The first-order chi connectivity index (χ1) is 12.5. The molecule has 0 aliphatic heterocycles. The minimum Gasteiger partial charge on any atom is -0.303 e. The van der Waals surface area contributed by atoms with Crippen molar-refractivity contribution in [1.82, 2.24) is 0 Å². The fraction of sp³-hybridized carbons (Fsp3) is 0.143. The first-order valence-corrected chi connectivity index (χ1v) is 9.96. The summed E-state index contributed by atoms with van der Waals surface area (Å²) in [5, 5.41) is 0. The van der Waals surface area contributed by atoms with Gasteiger partial charge < -0.3 is 9.79 Å². The van der Waals surface area contributed by atoms with Crippen LogP contribution < -0.4 is 0 Å². The molecule has 3 aromatic rings. The van der Waals surface area contributed by atoms with E-state index in [0.717, 1.165) is 11.1 Å². The maximum Gasteiger partial charge on any atom is 0.471 e. The number of aryl methyl sites for hydroxylation is 1. The topological polar surface area (TPSA) is 66.8 Å². The first kappa shape index (κ1) is 18.6. The van der Waals surface area contributed by atoms with Crippen LogP contribution in [0, 0.1) is 0 Å². The van der Waals surface area contributed by atoms with Crippen LogP contribution in [0.2, 0.25) is 0 Å². The summed E-state index contributed by atoms with van der Waals surface area (Å²) in [6, 6.07) is 26.0. The maximum atomic E-state index is 12.0. The van der Waals surface area contributed by atoms with E-state index in [1.54, 1.807) is 0 Å². The van der Waals surface area contributed by atoms with Crippen LogP contribution in [0.25, 0.3) is 0 Å². The van der Waals surface area contributed by atoms with Crippen molar-refractivity contribution >= 4 is 7.82 Å². The number of rotatable bonds is 6. The molecule has 0 unspecified atom stereocenters. The zero-order valence-corrected chi connectivity index (χ0v) is 15.3. The third-order valence-electron chi connectivity index (χ3n) is 4.39. The Bertz CT molecular complexity index is 864. The van der Waals surface area contributed by atoms with E-state index >= 15 is 0 Å². The molecule has 0 heterocycles. The van der Waals surface area contributed by atoms with E-state index in [2.05, 4.69) is 0 Å². The van der Waals surface area contributed by atoms with E-state index in [9.17, 15) is 14.4 Å². The van der Waals surface area contributed by atoms with Crippen LogP contribution >= 0.6 is 7.82 Å². The molecule has 0 saturated heterocycles. The highest BCUT2D eigenvalue weighted by molar-refractivity contribution is 7.46. The third kappa shape index (κ3) is 3.64. The van der Waals surface area contributed by atoms with Gasteiger partial charge in [-0.05, 0) is 28.7 Å². The van der Waals surface area contributed by atoms with Crippen LogP contribution in [0.3, 0.4) is 0 Å². The van der Waals surface area contributed by atoms with Crippen LogP contribution in [0.15, 0.2) is 84.9 Å². The van der Waals surface area contributed by atoms with Gasteiger partial charge in [0, 0.05) is 0 Å². The molecule has 0 aliphatic rings. The van der Waals surface area contributed by atoms with Crippen molar-refractivity contribution in [3.05, 3.63) is 107 Å². The Labute approximate surface area is 153 Å². The largest absolute Gasteiger partial charge is 0.471 e. The van der Waals surface area contributed by atoms with E-state index in [1.165, 1.54) is 0 Å². The standard InChI is InChI=1S/C21H21O4P/c1-2-17-11-9-10-16-20(17)21(25-26(22,23)24,18-12-5-3-6-13-18)19-14-7-4-8-15-19/h3-16H,2H2,1H3,(H2,22,23,24). The second kappa shape index (κ2) is 7.56. The van der Waals surface area contributed by atoms with Gasteiger partial charge in [0.15, 0.2) is 5.60 Å². The molecule has 0 atom stereocenters. The first-order valence-electron chi connectivity index (χ1n) is 8.43. The highest BCUT2D eigenvalue weighted by atomic mass is 31.2. The quantitative estimate of drug-likeness (QED) is 0.491. The van der Waals surface area contributed by atoms with Gasteiger partial charge in [0.05, 0.1) is 0 Å². The molecular weight excluding hydrogens is 347 g/mol. The van der Waals surface area contributed by atoms with Crippen LogP contribution in [0.4, 0.5) is 0 Å². The summed E-state index contributed by atoms with van der Waals surface area (Å²) in [4.78, 5) is 19.6. The molecule has 0 saturated carbocycles. The summed E-state index contributed by atoms with van der Waals surface area (Å²) in [7, 11) is -4.81. The Balaban J connectivity index is 2.41. The zero-order valence-electron chi connectivity index (χ0n) is 14.4. The molecule has 0 aromatic heterocycles. The number of phosphoric ester groups is 1. The lowest BCUT2D eigenvalue weighted by atomic mass is 9.78. The van der Waals surface area contributed by atoms with E-state index in [1.807, 2.05) is 91.9 Å². The smallest absolute Gasteiger partial charge is 0.303 e. The summed E-state index contributed by atoms with van der Waals surface area (Å²) in [6.45, 7) is 2.01. The van der Waals surface area contributed by atoms with Crippen molar-refractivity contribution in [2.24, 2.45) is 0 Å². The average Bonchev–Trinajstić information content (AvgIpc) is 2.67. The Morgan fingerprint density at radius 3 is 1.73 bits per heavy atom. The second-order valence-electron chi connectivity index (χ2n) is 6.01. The fourth-order valence-electron chi connectivity index (χ4n) is 3.33. The third-order valence-corrected chi connectivity index (χ3v) is 4.91. The van der Waals surface area contributed by atoms with Gasteiger partial charge in [0.2, 0.25) is 0 Å². The van der Waals surface area contributed by atoms with E-state index in [-0.39, 0.29) is 0 Å². The molecule has 0 spiro atoms. The van der Waals surface area contributed by atoms with Gasteiger partial charge in [0.1, 0.15) is 0 Å². The minimum atomic E-state index is -4.81. The molecule has 5 heteroatoms. The predicted molar refractivity (Wildman–Crippen MR) is 102 cm³/mol. The SMILES string of the molecule is CCc1ccccc1C(OP(=O)(O)O)(c1ccccc1)c1ccccc1. The lowest BCUT2D eigenvalue weighted by molar-refractivity contribution is 0.0969. The summed E-state index contributed by atoms with van der Waals surface area (Å²) in [6.07, 6.45) is 0.710. The lowest BCUT2D eigenvalue weighted by Crippen LogP contribution is -2.33. The van der Waals surface area contributed by atoms with Crippen molar-refractivity contribution < 1.29 is 18.9 Å². The summed E-state index contributed by atoms with van der Waals surface area (Å²) >= 11 is 0. The van der Waals surface area contributed by atoms with Gasteiger partial charge in [-0.2, -0.15) is 0 Å². The highest BCUT2D eigenvalue weighted by Gasteiger charge is 2.44. The van der Waals surface area contributed by atoms with Gasteiger partial charge in [-0.3, -0.25) is 4.52 Å². The second-order valence-corrected chi connectivity index (χ2v) is 7.17. The summed E-state index contributed by atoms with van der Waals surface area (Å²) < 4.78 is 17.6. The monoisotopic (exact) mass is 368 g/mol. The fourth-order valence-corrected chi connectivity index (χ4v) is 3.99. The maximum absolute atomic E-state index is 12.0. The molecular formula is C21H21O4P. The molecule has 134 valence electrons. The number of hydrogen-bond donors (Lipinski definition) is 2. The van der Waals surface area contributed by atoms with Crippen molar-refractivity contribution in [3.8, 4) is 0 Å². The van der Waals surface area contributed by atoms with Crippen LogP contribution in [0.1, 0.15) is 29.2 Å². The van der Waals surface area contributed by atoms with Gasteiger partial charge in [-0.15, -0.1) is 0 Å². The van der Waals surface area contributed by atoms with Crippen molar-refractivity contribution in [3.63, 3.8) is 0 Å². The number of phosphoric acid groups is 1. The Hall–Kier alpha value is -2.23. The molecule has 4 nitrogen and oxygen atoms in total. The van der Waals surface area contributed by atoms with Crippen molar-refractivity contribution in [1.29, 1.82) is 0 Å². The molecule has 26 heavy (non-hydrogen) atoms. The summed E-state index contributed by atoms with van der Waals surface area (Å²) in [5.74, 6) is 0. The van der Waals surface area contributed by atoms with Gasteiger partial charge in [0.25, 0.3) is 0 Å². The Morgan fingerprint density at radius 2 is 1.27 bits per heavy atom. The van der Waals surface area contributed by atoms with Crippen LogP contribution in [-0.4, -0.2) is 9.79 Å². The van der Waals surface area contributed by atoms with Crippen molar-refractivity contribution in [2.45, 2.75) is 18.9 Å². The van der Waals surface area contributed by atoms with E-state index in [4.69, 9.17) is 4.52 Å². The minimum absolute atomic E-state index is 0.662. The lowest BCUT2D eigenvalue weighted by Gasteiger charge is -2.36. The Morgan fingerprint density at radius 1 is 0.808 bits per heavy atom. The zero-order chi connectivity index (χ0) is 18.6. The Kier molecular flexibility index (Phi) is 5.40. The van der Waals surface area contributed by atoms with Crippen molar-refractivity contribution in [2.75, 3.05) is 0 Å². The van der Waals surface area contributed by atoms with Gasteiger partial charge in [-0.25, -0.2) is 4.57 Å². The molecule has 0 radical (unpaired) electrons. The van der Waals surface area contributed by atoms with E-state index in [0.29, 0.717) is 17.5 Å². The number of hydrogen-bond acceptors (Lipinski definition) is 2. The van der Waals surface area contributed by atoms with Gasteiger partial charge >= 0.3 is 7.82 Å². The number of benzene rings is 3. The molecule has 3 rings (SSSR count). The van der Waals surface area contributed by atoms with Crippen LogP contribution in [-0.2, 0) is 21.1 Å². The molecule has 0 amide bonds.